The Morgan fingerprint density at radius 2 is 2.50 bits per heavy atom. The number of thiophene rings is 1. The Morgan fingerprint density at radius 3 is 3.00 bits per heavy atom. The lowest BCUT2D eigenvalue weighted by molar-refractivity contribution is 0.489. The second-order valence-corrected chi connectivity index (χ2v) is 3.97. The highest BCUT2D eigenvalue weighted by Gasteiger charge is 2.03. The lowest BCUT2D eigenvalue weighted by Crippen LogP contribution is -2.43. The van der Waals surface area contributed by atoms with E-state index in [1.54, 1.807) is 18.4 Å². The van der Waals surface area contributed by atoms with Crippen LogP contribution in [0.3, 0.4) is 0 Å². The van der Waals surface area contributed by atoms with E-state index in [4.69, 9.17) is 5.84 Å². The summed E-state index contributed by atoms with van der Waals surface area (Å²) >= 11 is 1.77. The summed E-state index contributed by atoms with van der Waals surface area (Å²) in [6, 6.07) is 4.20. The molecule has 1 rings (SSSR count). The highest BCUT2D eigenvalue weighted by Crippen LogP contribution is 2.09. The number of hydrazine groups is 1. The van der Waals surface area contributed by atoms with Crippen molar-refractivity contribution in [1.82, 2.24) is 10.3 Å². The SMILES string of the molecule is CN=C(NN)N(C)CCc1cccs1. The van der Waals surface area contributed by atoms with Gasteiger partial charge in [0.1, 0.15) is 0 Å². The lowest BCUT2D eigenvalue weighted by Gasteiger charge is -2.19. The average Bonchev–Trinajstić information content (AvgIpc) is 2.69. The molecule has 1 aromatic heterocycles. The summed E-state index contributed by atoms with van der Waals surface area (Å²) in [6.45, 7) is 0.914. The van der Waals surface area contributed by atoms with Crippen molar-refractivity contribution in [3.05, 3.63) is 22.4 Å². The normalized spacial score (nSPS) is 11.5. The molecule has 0 aliphatic carbocycles. The van der Waals surface area contributed by atoms with Gasteiger partial charge in [-0.25, -0.2) is 5.84 Å². The van der Waals surface area contributed by atoms with Gasteiger partial charge < -0.3 is 4.90 Å². The van der Waals surface area contributed by atoms with Gasteiger partial charge in [0.15, 0.2) is 0 Å². The third-order valence-corrected chi connectivity index (χ3v) is 2.91. The summed E-state index contributed by atoms with van der Waals surface area (Å²) in [5.74, 6) is 6.02. The molecule has 0 radical (unpaired) electrons. The number of nitrogens with one attached hydrogen (secondary N) is 1. The van der Waals surface area contributed by atoms with E-state index in [1.165, 1.54) is 4.88 Å². The minimum Gasteiger partial charge on any atom is -0.345 e. The van der Waals surface area contributed by atoms with Crippen LogP contribution in [0.25, 0.3) is 0 Å². The quantitative estimate of drug-likeness (QED) is 0.335. The lowest BCUT2D eigenvalue weighted by atomic mass is 10.3. The third kappa shape index (κ3) is 3.01. The highest BCUT2D eigenvalue weighted by atomic mass is 32.1. The Morgan fingerprint density at radius 1 is 1.71 bits per heavy atom. The maximum Gasteiger partial charge on any atom is 0.207 e. The maximum atomic E-state index is 5.31. The predicted molar refractivity (Wildman–Crippen MR) is 61.3 cm³/mol. The van der Waals surface area contributed by atoms with Crippen LogP contribution in [0.1, 0.15) is 4.88 Å². The minimum atomic E-state index is 0.710. The fraction of sp³-hybridized carbons (Fsp3) is 0.444. The number of hydrogen-bond donors (Lipinski definition) is 2. The van der Waals surface area contributed by atoms with Crippen LogP contribution < -0.4 is 11.3 Å². The molecule has 14 heavy (non-hydrogen) atoms. The molecule has 0 aromatic carbocycles. The van der Waals surface area contributed by atoms with Gasteiger partial charge in [-0.2, -0.15) is 0 Å². The van der Waals surface area contributed by atoms with E-state index in [-0.39, 0.29) is 0 Å². The molecule has 0 unspecified atom stereocenters. The van der Waals surface area contributed by atoms with Crippen molar-refractivity contribution in [3.63, 3.8) is 0 Å². The Kier molecular flexibility index (Phi) is 4.42. The van der Waals surface area contributed by atoms with Gasteiger partial charge in [0, 0.05) is 25.5 Å². The summed E-state index contributed by atoms with van der Waals surface area (Å²) in [7, 11) is 3.69. The molecule has 0 atom stereocenters. The summed E-state index contributed by atoms with van der Waals surface area (Å²) in [6.07, 6.45) is 1.02. The van der Waals surface area contributed by atoms with Crippen LogP contribution in [0.15, 0.2) is 22.5 Å². The second-order valence-electron chi connectivity index (χ2n) is 2.94. The molecule has 0 amide bonds. The Bertz CT molecular complexity index is 281. The number of likely N-dealkylation sites (N-methyl/N-ethyl adjacent to an activating group) is 1. The van der Waals surface area contributed by atoms with Gasteiger partial charge in [-0.15, -0.1) is 11.3 Å². The Labute approximate surface area is 88.4 Å². The van der Waals surface area contributed by atoms with Gasteiger partial charge in [-0.05, 0) is 17.9 Å². The molecule has 4 nitrogen and oxygen atoms in total. The van der Waals surface area contributed by atoms with E-state index >= 15 is 0 Å². The van der Waals surface area contributed by atoms with E-state index < -0.39 is 0 Å². The van der Waals surface area contributed by atoms with Crippen LogP contribution in [-0.4, -0.2) is 31.5 Å². The first-order chi connectivity index (χ1) is 6.77. The van der Waals surface area contributed by atoms with Crippen molar-refractivity contribution in [2.45, 2.75) is 6.42 Å². The van der Waals surface area contributed by atoms with Gasteiger partial charge in [-0.3, -0.25) is 10.4 Å². The molecular weight excluding hydrogens is 196 g/mol. The van der Waals surface area contributed by atoms with E-state index in [0.717, 1.165) is 13.0 Å². The van der Waals surface area contributed by atoms with Crippen LogP contribution in [0.4, 0.5) is 0 Å². The fourth-order valence-corrected chi connectivity index (χ4v) is 1.88. The number of aliphatic imine (C=N–C) groups is 1. The molecule has 0 saturated carbocycles. The first kappa shape index (κ1) is 11.0. The molecular formula is C9H16N4S. The summed E-state index contributed by atoms with van der Waals surface area (Å²) in [5.41, 5.74) is 2.56. The zero-order valence-electron chi connectivity index (χ0n) is 8.53. The first-order valence-corrected chi connectivity index (χ1v) is 5.32. The highest BCUT2D eigenvalue weighted by molar-refractivity contribution is 7.09. The fourth-order valence-electron chi connectivity index (χ4n) is 1.18. The molecule has 1 aromatic rings. The first-order valence-electron chi connectivity index (χ1n) is 4.45. The van der Waals surface area contributed by atoms with Crippen molar-refractivity contribution in [1.29, 1.82) is 0 Å². The molecule has 1 heterocycles. The van der Waals surface area contributed by atoms with Crippen molar-refractivity contribution >= 4 is 17.3 Å². The zero-order valence-corrected chi connectivity index (χ0v) is 9.34. The summed E-state index contributed by atoms with van der Waals surface area (Å²) in [4.78, 5) is 7.39. The molecule has 0 aliphatic rings. The van der Waals surface area contributed by atoms with Crippen molar-refractivity contribution < 1.29 is 0 Å². The van der Waals surface area contributed by atoms with Crippen molar-refractivity contribution in [3.8, 4) is 0 Å². The molecule has 0 saturated heterocycles. The molecule has 0 spiro atoms. The number of nitrogens with two attached hydrogens (primary N) is 1. The maximum absolute atomic E-state index is 5.31. The standard InChI is InChI=1S/C9H16N4S/c1-11-9(12-10)13(2)6-5-8-4-3-7-14-8/h3-4,7H,5-6,10H2,1-2H3,(H,11,12). The van der Waals surface area contributed by atoms with E-state index in [9.17, 15) is 0 Å². The van der Waals surface area contributed by atoms with Gasteiger partial charge in [0.25, 0.3) is 0 Å². The van der Waals surface area contributed by atoms with Crippen molar-refractivity contribution in [2.75, 3.05) is 20.6 Å². The summed E-state index contributed by atoms with van der Waals surface area (Å²) < 4.78 is 0. The number of nitrogens with zero attached hydrogens (tertiary/aromatic N) is 2. The molecule has 5 heteroatoms. The molecule has 0 aliphatic heterocycles. The number of hydrogen-bond acceptors (Lipinski definition) is 3. The molecule has 0 fully saturated rings. The largest absolute Gasteiger partial charge is 0.345 e. The smallest absolute Gasteiger partial charge is 0.207 e. The van der Waals surface area contributed by atoms with Gasteiger partial charge in [0.2, 0.25) is 5.96 Å². The van der Waals surface area contributed by atoms with Crippen molar-refractivity contribution in [2.24, 2.45) is 10.8 Å². The molecule has 78 valence electrons. The van der Waals surface area contributed by atoms with Crippen LogP contribution >= 0.6 is 11.3 Å². The predicted octanol–water partition coefficient (Wildman–Crippen LogP) is 0.672. The topological polar surface area (TPSA) is 53.6 Å². The third-order valence-electron chi connectivity index (χ3n) is 1.98. The van der Waals surface area contributed by atoms with Crippen LogP contribution in [0.2, 0.25) is 0 Å². The van der Waals surface area contributed by atoms with Crippen LogP contribution in [0.5, 0.6) is 0 Å². The van der Waals surface area contributed by atoms with Gasteiger partial charge in [0.05, 0.1) is 0 Å². The number of guanidine groups is 1. The average molecular weight is 212 g/mol. The van der Waals surface area contributed by atoms with E-state index in [1.807, 2.05) is 11.9 Å². The Hall–Kier alpha value is -1.07. The summed E-state index contributed by atoms with van der Waals surface area (Å²) in [5, 5.41) is 2.09. The van der Waals surface area contributed by atoms with E-state index in [0.29, 0.717) is 5.96 Å². The van der Waals surface area contributed by atoms with Gasteiger partial charge in [-0.1, -0.05) is 6.07 Å². The molecule has 0 bridgehead atoms. The Balaban J connectivity index is 2.38. The molecule has 3 N–H and O–H groups in total. The van der Waals surface area contributed by atoms with Gasteiger partial charge >= 0.3 is 0 Å². The minimum absolute atomic E-state index is 0.710. The zero-order chi connectivity index (χ0) is 10.4. The second kappa shape index (κ2) is 5.62. The van der Waals surface area contributed by atoms with Crippen LogP contribution in [0, 0.1) is 0 Å². The monoisotopic (exact) mass is 212 g/mol. The number of rotatable bonds is 3. The van der Waals surface area contributed by atoms with E-state index in [2.05, 4.69) is 27.9 Å². The van der Waals surface area contributed by atoms with Crippen LogP contribution in [-0.2, 0) is 6.42 Å².